The maximum absolute atomic E-state index is 3.87. The summed E-state index contributed by atoms with van der Waals surface area (Å²) in [6, 6.07) is 74.5. The quantitative estimate of drug-likeness (QED) is 0.141. The largest absolute Gasteiger partial charge is 0.311 e. The van der Waals surface area contributed by atoms with E-state index < -0.39 is 5.41 Å². The fraction of sp³-hybridized carbons (Fsp3) is 0.0204. The lowest BCUT2D eigenvalue weighted by molar-refractivity contribution is 0.767. The number of nitrogens with zero attached hydrogens (tertiary/aromatic N) is 2. The maximum Gasteiger partial charge on any atom is 0.0714 e. The van der Waals surface area contributed by atoms with Crippen molar-refractivity contribution in [2.75, 3.05) is 9.80 Å². The van der Waals surface area contributed by atoms with Gasteiger partial charge in [-0.15, -0.1) is 0 Å². The lowest BCUT2D eigenvalue weighted by Gasteiger charge is -2.35. The van der Waals surface area contributed by atoms with Gasteiger partial charge in [-0.25, -0.2) is 0 Å². The Bertz CT molecular complexity index is 2250. The average molecular weight is 858 g/mol. The van der Waals surface area contributed by atoms with Crippen LogP contribution in [0.25, 0.3) is 11.1 Å². The first-order valence-electron chi connectivity index (χ1n) is 17.7. The van der Waals surface area contributed by atoms with E-state index in [1.807, 2.05) is 0 Å². The summed E-state index contributed by atoms with van der Waals surface area (Å²) < 4.78 is 2.28. The van der Waals surface area contributed by atoms with E-state index in [1.165, 1.54) is 37.0 Å². The third kappa shape index (κ3) is 5.96. The van der Waals surface area contributed by atoms with Crippen molar-refractivity contribution >= 4 is 72.6 Å². The molecule has 8 aromatic rings. The second kappa shape index (κ2) is 14.2. The second-order valence-corrected chi connectivity index (χ2v) is 15.4. The Morgan fingerprint density at radius 2 is 0.698 bits per heavy atom. The van der Waals surface area contributed by atoms with E-state index in [0.29, 0.717) is 0 Å². The molecule has 0 saturated heterocycles. The van der Waals surface area contributed by atoms with Crippen LogP contribution in [0.3, 0.4) is 0 Å². The van der Waals surface area contributed by atoms with Crippen LogP contribution in [0, 0.1) is 3.57 Å². The summed E-state index contributed by atoms with van der Waals surface area (Å²) in [5.74, 6) is 0. The summed E-state index contributed by atoms with van der Waals surface area (Å²) in [4.78, 5) is 4.64. The highest BCUT2D eigenvalue weighted by atomic mass is 127. The molecule has 0 saturated carbocycles. The molecule has 4 heteroatoms. The molecule has 1 aliphatic carbocycles. The van der Waals surface area contributed by atoms with Crippen LogP contribution in [0.4, 0.5) is 34.1 Å². The summed E-state index contributed by atoms with van der Waals surface area (Å²) in [7, 11) is 0. The molecule has 0 heterocycles. The molecule has 0 spiro atoms. The molecule has 2 nitrogen and oxygen atoms in total. The number of fused-ring (bicyclic) bond motifs is 3. The van der Waals surface area contributed by atoms with Gasteiger partial charge in [0.2, 0.25) is 0 Å². The molecular weight excluding hydrogens is 823 g/mol. The van der Waals surface area contributed by atoms with Gasteiger partial charge in [0.15, 0.2) is 0 Å². The molecule has 0 aromatic heterocycles. The van der Waals surface area contributed by atoms with Crippen molar-refractivity contribution in [3.8, 4) is 11.1 Å². The Morgan fingerprint density at radius 1 is 0.358 bits per heavy atom. The van der Waals surface area contributed by atoms with Crippen molar-refractivity contribution in [1.82, 2.24) is 0 Å². The van der Waals surface area contributed by atoms with Gasteiger partial charge in [-0.1, -0.05) is 125 Å². The maximum atomic E-state index is 3.87. The monoisotopic (exact) mass is 856 g/mol. The number of anilines is 6. The lowest BCUT2D eigenvalue weighted by Crippen LogP contribution is -2.29. The van der Waals surface area contributed by atoms with E-state index in [0.717, 1.165) is 38.6 Å². The molecule has 9 rings (SSSR count). The molecule has 8 aromatic carbocycles. The van der Waals surface area contributed by atoms with Crippen LogP contribution >= 0.6 is 38.5 Å². The van der Waals surface area contributed by atoms with Crippen LogP contribution in [-0.2, 0) is 5.41 Å². The van der Waals surface area contributed by atoms with Crippen molar-refractivity contribution in [1.29, 1.82) is 0 Å². The zero-order valence-corrected chi connectivity index (χ0v) is 32.5. The van der Waals surface area contributed by atoms with E-state index >= 15 is 0 Å². The van der Waals surface area contributed by atoms with Gasteiger partial charge in [0.25, 0.3) is 0 Å². The predicted molar refractivity (Wildman–Crippen MR) is 234 cm³/mol. The first kappa shape index (κ1) is 33.4. The van der Waals surface area contributed by atoms with Gasteiger partial charge in [0.05, 0.1) is 5.41 Å². The van der Waals surface area contributed by atoms with Gasteiger partial charge in [0, 0.05) is 42.2 Å². The summed E-state index contributed by atoms with van der Waals surface area (Å²) in [6.07, 6.45) is 0. The fourth-order valence-corrected chi connectivity index (χ4v) is 8.83. The summed E-state index contributed by atoms with van der Waals surface area (Å²) in [5.41, 5.74) is 13.7. The number of hydrogen-bond donors (Lipinski definition) is 0. The van der Waals surface area contributed by atoms with E-state index in [1.54, 1.807) is 0 Å². The number of benzene rings is 8. The van der Waals surface area contributed by atoms with E-state index in [2.05, 4.69) is 255 Å². The van der Waals surface area contributed by atoms with Crippen molar-refractivity contribution in [3.63, 3.8) is 0 Å². The number of hydrogen-bond acceptors (Lipinski definition) is 2. The van der Waals surface area contributed by atoms with E-state index in [-0.39, 0.29) is 0 Å². The molecule has 0 N–H and O–H groups in total. The standard InChI is InChI=1S/C49H34BrIN2/c50-37-25-31-45-46-32-26-38(51)34-48(46)49(47(45)33-37,35-21-27-43(28-22-35)52(39-13-5-1-6-14-39)40-15-7-2-8-16-40)36-23-29-44(30-24-36)53(41-17-9-3-10-18-41)42-19-11-4-12-20-42/h1-34H. The SMILES string of the molecule is Brc1ccc2c(c1)C(c1ccc(N(c3ccccc3)c3ccccc3)cc1)(c1ccc(N(c3ccccc3)c3ccccc3)cc1)c1cc(I)ccc1-2. The van der Waals surface area contributed by atoms with E-state index in [4.69, 9.17) is 0 Å². The van der Waals surface area contributed by atoms with Gasteiger partial charge in [-0.3, -0.25) is 0 Å². The van der Waals surface area contributed by atoms with Crippen LogP contribution in [-0.4, -0.2) is 0 Å². The van der Waals surface area contributed by atoms with Gasteiger partial charge in [-0.2, -0.15) is 0 Å². The average Bonchev–Trinajstić information content (AvgIpc) is 3.49. The smallest absolute Gasteiger partial charge is 0.0714 e. The minimum Gasteiger partial charge on any atom is -0.311 e. The van der Waals surface area contributed by atoms with Crippen LogP contribution < -0.4 is 9.80 Å². The van der Waals surface area contributed by atoms with Gasteiger partial charge < -0.3 is 9.80 Å². The zero-order valence-electron chi connectivity index (χ0n) is 28.8. The lowest BCUT2D eigenvalue weighted by atomic mass is 9.67. The molecule has 53 heavy (non-hydrogen) atoms. The summed E-state index contributed by atoms with van der Waals surface area (Å²) in [6.45, 7) is 0. The van der Waals surface area contributed by atoms with Crippen LogP contribution in [0.15, 0.2) is 211 Å². The zero-order chi connectivity index (χ0) is 35.8. The van der Waals surface area contributed by atoms with Crippen LogP contribution in [0.5, 0.6) is 0 Å². The molecule has 254 valence electrons. The van der Waals surface area contributed by atoms with Crippen LogP contribution in [0.1, 0.15) is 22.3 Å². The van der Waals surface area contributed by atoms with Crippen molar-refractivity contribution < 1.29 is 0 Å². The Balaban J connectivity index is 1.25. The van der Waals surface area contributed by atoms with Gasteiger partial charge in [0.1, 0.15) is 0 Å². The van der Waals surface area contributed by atoms with Crippen LogP contribution in [0.2, 0.25) is 0 Å². The Kier molecular flexibility index (Phi) is 8.94. The molecule has 0 unspecified atom stereocenters. The molecular formula is C49H34BrIN2. The highest BCUT2D eigenvalue weighted by Gasteiger charge is 2.46. The Morgan fingerprint density at radius 3 is 1.09 bits per heavy atom. The molecule has 0 atom stereocenters. The highest BCUT2D eigenvalue weighted by Crippen LogP contribution is 2.57. The van der Waals surface area contributed by atoms with Gasteiger partial charge >= 0.3 is 0 Å². The normalized spacial score (nSPS) is 12.5. The predicted octanol–water partition coefficient (Wildman–Crippen LogP) is 14.4. The number of para-hydroxylation sites is 4. The van der Waals surface area contributed by atoms with Crippen molar-refractivity contribution in [2.24, 2.45) is 0 Å². The third-order valence-electron chi connectivity index (χ3n) is 10.2. The fourth-order valence-electron chi connectivity index (χ4n) is 7.98. The molecule has 1 aliphatic rings. The minimum absolute atomic E-state index is 0.554. The first-order valence-corrected chi connectivity index (χ1v) is 19.6. The number of halogens is 2. The number of rotatable bonds is 8. The molecule has 0 radical (unpaired) electrons. The molecule has 0 amide bonds. The van der Waals surface area contributed by atoms with Crippen molar-refractivity contribution in [3.05, 3.63) is 237 Å². The van der Waals surface area contributed by atoms with E-state index in [9.17, 15) is 0 Å². The van der Waals surface area contributed by atoms with Gasteiger partial charge in [-0.05, 0) is 153 Å². The Hall–Kier alpha value is -5.43. The molecule has 0 aliphatic heterocycles. The van der Waals surface area contributed by atoms with Crippen molar-refractivity contribution in [2.45, 2.75) is 5.41 Å². The summed E-state index contributed by atoms with van der Waals surface area (Å²) >= 11 is 6.34. The third-order valence-corrected chi connectivity index (χ3v) is 11.4. The molecule has 0 fully saturated rings. The second-order valence-electron chi connectivity index (χ2n) is 13.2. The summed E-state index contributed by atoms with van der Waals surface area (Å²) in [5, 5.41) is 0. The Labute approximate surface area is 333 Å². The molecule has 0 bridgehead atoms. The highest BCUT2D eigenvalue weighted by molar-refractivity contribution is 14.1. The first-order chi connectivity index (χ1) is 26.1. The topological polar surface area (TPSA) is 6.48 Å². The minimum atomic E-state index is -0.554.